The largest absolute Gasteiger partial charge is 0.240 e. The minimum atomic E-state index is -3.36. The Labute approximate surface area is 129 Å². The van der Waals surface area contributed by atoms with Gasteiger partial charge < -0.3 is 0 Å². The first kappa shape index (κ1) is 14.5. The molecule has 0 atom stereocenters. The van der Waals surface area contributed by atoms with E-state index in [4.69, 9.17) is 0 Å². The third-order valence-corrected chi connectivity index (χ3v) is 6.79. The SMILES string of the molecule is O=S(=O)(NC1CCC(Br)CC1)c1ccc2c(c1)CCC2. The molecule has 0 bridgehead atoms. The van der Waals surface area contributed by atoms with Crippen molar-refractivity contribution >= 4 is 26.0 Å². The molecule has 0 unspecified atom stereocenters. The Kier molecular flexibility index (Phi) is 4.20. The molecule has 3 nitrogen and oxygen atoms in total. The summed E-state index contributed by atoms with van der Waals surface area (Å²) in [5.74, 6) is 0. The highest BCUT2D eigenvalue weighted by Gasteiger charge is 2.25. The summed E-state index contributed by atoms with van der Waals surface area (Å²) in [5.41, 5.74) is 2.51. The Morgan fingerprint density at radius 1 is 1.05 bits per heavy atom. The summed E-state index contributed by atoms with van der Waals surface area (Å²) >= 11 is 3.60. The molecule has 5 heteroatoms. The van der Waals surface area contributed by atoms with Crippen LogP contribution in [0, 0.1) is 0 Å². The van der Waals surface area contributed by atoms with Crippen molar-refractivity contribution in [3.8, 4) is 0 Å². The standard InChI is InChI=1S/C15H20BrNO2S/c16-13-5-7-14(8-6-13)17-20(18,19)15-9-4-11-2-1-3-12(11)10-15/h4,9-10,13-14,17H,1-3,5-8H2. The average Bonchev–Trinajstić information content (AvgIpc) is 2.88. The molecule has 0 amide bonds. The zero-order chi connectivity index (χ0) is 14.2. The van der Waals surface area contributed by atoms with Crippen LogP contribution in [0.2, 0.25) is 0 Å². The molecule has 1 aromatic carbocycles. The normalized spacial score (nSPS) is 26.4. The quantitative estimate of drug-likeness (QED) is 0.844. The lowest BCUT2D eigenvalue weighted by Crippen LogP contribution is -2.37. The first-order valence-corrected chi connectivity index (χ1v) is 9.73. The van der Waals surface area contributed by atoms with Crippen molar-refractivity contribution in [3.63, 3.8) is 0 Å². The van der Waals surface area contributed by atoms with Gasteiger partial charge in [0.15, 0.2) is 0 Å². The van der Waals surface area contributed by atoms with Crippen LogP contribution in [0.15, 0.2) is 23.1 Å². The molecule has 0 aromatic heterocycles. The van der Waals surface area contributed by atoms with E-state index < -0.39 is 10.0 Å². The van der Waals surface area contributed by atoms with E-state index >= 15 is 0 Å². The van der Waals surface area contributed by atoms with Crippen LogP contribution in [-0.4, -0.2) is 19.3 Å². The Morgan fingerprint density at radius 3 is 2.50 bits per heavy atom. The zero-order valence-corrected chi connectivity index (χ0v) is 13.8. The number of alkyl halides is 1. The van der Waals surface area contributed by atoms with E-state index in [1.807, 2.05) is 12.1 Å². The fourth-order valence-corrected chi connectivity index (χ4v) is 5.06. The van der Waals surface area contributed by atoms with E-state index in [0.717, 1.165) is 44.9 Å². The van der Waals surface area contributed by atoms with Gasteiger partial charge >= 0.3 is 0 Å². The molecule has 1 fully saturated rings. The molecular formula is C15H20BrNO2S. The van der Waals surface area contributed by atoms with Crippen LogP contribution in [-0.2, 0) is 22.9 Å². The first-order valence-electron chi connectivity index (χ1n) is 7.33. The lowest BCUT2D eigenvalue weighted by atomic mass is 9.96. The molecule has 1 N–H and O–H groups in total. The van der Waals surface area contributed by atoms with Crippen LogP contribution in [0.5, 0.6) is 0 Å². The number of hydrogen-bond donors (Lipinski definition) is 1. The van der Waals surface area contributed by atoms with Gasteiger partial charge in [-0.1, -0.05) is 22.0 Å². The molecule has 20 heavy (non-hydrogen) atoms. The van der Waals surface area contributed by atoms with E-state index in [2.05, 4.69) is 20.7 Å². The Morgan fingerprint density at radius 2 is 1.75 bits per heavy atom. The number of hydrogen-bond acceptors (Lipinski definition) is 2. The Balaban J connectivity index is 1.75. The van der Waals surface area contributed by atoms with Gasteiger partial charge in [0.05, 0.1) is 4.90 Å². The molecular weight excluding hydrogens is 338 g/mol. The average molecular weight is 358 g/mol. The minimum Gasteiger partial charge on any atom is -0.208 e. The van der Waals surface area contributed by atoms with E-state index in [1.54, 1.807) is 6.07 Å². The van der Waals surface area contributed by atoms with Gasteiger partial charge in [-0.15, -0.1) is 0 Å². The first-order chi connectivity index (χ1) is 9.54. The van der Waals surface area contributed by atoms with Crippen molar-refractivity contribution in [2.24, 2.45) is 0 Å². The van der Waals surface area contributed by atoms with Gasteiger partial charge in [-0.2, -0.15) is 0 Å². The third-order valence-electron chi connectivity index (χ3n) is 4.36. The molecule has 0 spiro atoms. The summed E-state index contributed by atoms with van der Waals surface area (Å²) < 4.78 is 27.8. The van der Waals surface area contributed by atoms with E-state index in [9.17, 15) is 8.42 Å². The summed E-state index contributed by atoms with van der Waals surface area (Å²) in [7, 11) is -3.36. The Hall–Kier alpha value is -0.390. The van der Waals surface area contributed by atoms with E-state index in [0.29, 0.717) is 9.72 Å². The van der Waals surface area contributed by atoms with Crippen molar-refractivity contribution in [1.29, 1.82) is 0 Å². The van der Waals surface area contributed by atoms with Crippen LogP contribution in [0.3, 0.4) is 0 Å². The van der Waals surface area contributed by atoms with Gasteiger partial charge in [-0.3, -0.25) is 0 Å². The summed E-state index contributed by atoms with van der Waals surface area (Å²) in [6.07, 6.45) is 7.14. The van der Waals surface area contributed by atoms with Crippen molar-refractivity contribution in [2.75, 3.05) is 0 Å². The Bertz CT molecular complexity index is 592. The minimum absolute atomic E-state index is 0.0852. The second-order valence-electron chi connectivity index (χ2n) is 5.85. The lowest BCUT2D eigenvalue weighted by molar-refractivity contribution is 0.422. The fourth-order valence-electron chi connectivity index (χ4n) is 3.17. The molecule has 1 aromatic rings. The summed E-state index contributed by atoms with van der Waals surface area (Å²) in [6, 6.07) is 5.68. The highest BCUT2D eigenvalue weighted by molar-refractivity contribution is 9.09. The van der Waals surface area contributed by atoms with Crippen LogP contribution in [0.1, 0.15) is 43.2 Å². The molecule has 0 aliphatic heterocycles. The number of fused-ring (bicyclic) bond motifs is 1. The fraction of sp³-hybridized carbons (Fsp3) is 0.600. The van der Waals surface area contributed by atoms with Gasteiger partial charge in [0.2, 0.25) is 10.0 Å². The highest BCUT2D eigenvalue weighted by Crippen LogP contribution is 2.27. The molecule has 0 saturated heterocycles. The van der Waals surface area contributed by atoms with Crippen molar-refractivity contribution < 1.29 is 8.42 Å². The van der Waals surface area contributed by atoms with Crippen molar-refractivity contribution in [3.05, 3.63) is 29.3 Å². The smallest absolute Gasteiger partial charge is 0.208 e. The van der Waals surface area contributed by atoms with Crippen LogP contribution in [0.4, 0.5) is 0 Å². The zero-order valence-electron chi connectivity index (χ0n) is 11.4. The summed E-state index contributed by atoms with van der Waals surface area (Å²) in [4.78, 5) is 0.974. The monoisotopic (exact) mass is 357 g/mol. The van der Waals surface area contributed by atoms with Gasteiger partial charge in [-0.05, 0) is 68.2 Å². The van der Waals surface area contributed by atoms with Crippen LogP contribution in [0.25, 0.3) is 0 Å². The maximum absolute atomic E-state index is 12.5. The predicted octanol–water partition coefficient (Wildman–Crippen LogP) is 3.16. The van der Waals surface area contributed by atoms with Gasteiger partial charge in [0, 0.05) is 10.9 Å². The molecule has 0 heterocycles. The highest BCUT2D eigenvalue weighted by atomic mass is 79.9. The van der Waals surface area contributed by atoms with Crippen LogP contribution < -0.4 is 4.72 Å². The number of benzene rings is 1. The van der Waals surface area contributed by atoms with Gasteiger partial charge in [-0.25, -0.2) is 13.1 Å². The predicted molar refractivity (Wildman–Crippen MR) is 83.8 cm³/mol. The maximum Gasteiger partial charge on any atom is 0.240 e. The van der Waals surface area contributed by atoms with Crippen LogP contribution >= 0.6 is 15.9 Å². The molecule has 3 rings (SSSR count). The number of aryl methyl sites for hydroxylation is 2. The van der Waals surface area contributed by atoms with Gasteiger partial charge in [0.1, 0.15) is 0 Å². The summed E-state index contributed by atoms with van der Waals surface area (Å²) in [6.45, 7) is 0. The summed E-state index contributed by atoms with van der Waals surface area (Å²) in [5, 5.41) is 0. The topological polar surface area (TPSA) is 46.2 Å². The van der Waals surface area contributed by atoms with Gasteiger partial charge in [0.25, 0.3) is 0 Å². The van der Waals surface area contributed by atoms with E-state index in [1.165, 1.54) is 11.1 Å². The third kappa shape index (κ3) is 3.10. The number of nitrogens with one attached hydrogen (secondary N) is 1. The maximum atomic E-state index is 12.5. The second kappa shape index (κ2) is 5.78. The van der Waals surface area contributed by atoms with Crippen molar-refractivity contribution in [1.82, 2.24) is 4.72 Å². The molecule has 0 radical (unpaired) electrons. The number of rotatable bonds is 3. The molecule has 2 aliphatic rings. The lowest BCUT2D eigenvalue weighted by Gasteiger charge is -2.25. The number of halogens is 1. The molecule has 1 saturated carbocycles. The van der Waals surface area contributed by atoms with E-state index in [-0.39, 0.29) is 6.04 Å². The van der Waals surface area contributed by atoms with Crippen molar-refractivity contribution in [2.45, 2.75) is 60.7 Å². The molecule has 110 valence electrons. The second-order valence-corrected chi connectivity index (χ2v) is 8.86. The molecule has 2 aliphatic carbocycles. The number of sulfonamides is 1.